The minimum atomic E-state index is -0.845. The summed E-state index contributed by atoms with van der Waals surface area (Å²) in [5, 5.41) is 10.6. The summed E-state index contributed by atoms with van der Waals surface area (Å²) in [6.45, 7) is 10.5. The SMILES string of the molecule is C=C1CC/C=C(\C)CC[C@@H]2C3=CC=CC(C)(C)O[C@H]3O[C@H](O)[C@@H]12. The second kappa shape index (κ2) is 6.39. The molecular weight excluding hydrogens is 288 g/mol. The lowest BCUT2D eigenvalue weighted by molar-refractivity contribution is -0.271. The molecular formula is C20H28O3. The fourth-order valence-corrected chi connectivity index (χ4v) is 3.86. The Hall–Kier alpha value is -1.16. The van der Waals surface area contributed by atoms with Crippen LogP contribution in [0.5, 0.6) is 0 Å². The molecule has 4 atom stereocenters. The molecule has 2 aliphatic heterocycles. The zero-order chi connectivity index (χ0) is 16.6. The first-order valence-electron chi connectivity index (χ1n) is 8.61. The Bertz CT molecular complexity index is 567. The Balaban J connectivity index is 1.94. The van der Waals surface area contributed by atoms with Gasteiger partial charge in [0.2, 0.25) is 0 Å². The Morgan fingerprint density at radius 1 is 1.30 bits per heavy atom. The summed E-state index contributed by atoms with van der Waals surface area (Å²) in [5.41, 5.74) is 3.24. The first-order valence-corrected chi connectivity index (χ1v) is 8.61. The fourth-order valence-electron chi connectivity index (χ4n) is 3.86. The van der Waals surface area contributed by atoms with E-state index < -0.39 is 18.2 Å². The molecule has 1 saturated heterocycles. The molecule has 3 nitrogen and oxygen atoms in total. The topological polar surface area (TPSA) is 38.7 Å². The van der Waals surface area contributed by atoms with Crippen molar-refractivity contribution in [1.82, 2.24) is 0 Å². The lowest BCUT2D eigenvalue weighted by Crippen LogP contribution is -2.46. The van der Waals surface area contributed by atoms with E-state index in [1.165, 1.54) is 5.57 Å². The maximum Gasteiger partial charge on any atom is 0.184 e. The van der Waals surface area contributed by atoms with E-state index in [9.17, 15) is 5.11 Å². The molecule has 0 radical (unpaired) electrons. The van der Waals surface area contributed by atoms with E-state index in [4.69, 9.17) is 9.47 Å². The molecule has 0 amide bonds. The van der Waals surface area contributed by atoms with E-state index in [1.807, 2.05) is 19.9 Å². The van der Waals surface area contributed by atoms with Crippen LogP contribution in [0.15, 0.2) is 47.6 Å². The largest absolute Gasteiger partial charge is 0.367 e. The van der Waals surface area contributed by atoms with E-state index in [1.54, 1.807) is 0 Å². The van der Waals surface area contributed by atoms with Crippen LogP contribution in [0.2, 0.25) is 0 Å². The highest BCUT2D eigenvalue weighted by Gasteiger charge is 2.44. The van der Waals surface area contributed by atoms with Crippen LogP contribution in [0.4, 0.5) is 0 Å². The molecule has 126 valence electrons. The van der Waals surface area contributed by atoms with E-state index in [-0.39, 0.29) is 11.8 Å². The number of fused-ring (bicyclic) bond motifs is 3. The summed E-state index contributed by atoms with van der Waals surface area (Å²) < 4.78 is 12.0. The highest BCUT2D eigenvalue weighted by molar-refractivity contribution is 5.28. The van der Waals surface area contributed by atoms with E-state index in [0.29, 0.717) is 0 Å². The first-order chi connectivity index (χ1) is 10.9. The van der Waals surface area contributed by atoms with Crippen LogP contribution in [0.3, 0.4) is 0 Å². The van der Waals surface area contributed by atoms with Gasteiger partial charge in [0.1, 0.15) is 0 Å². The zero-order valence-corrected chi connectivity index (χ0v) is 14.4. The van der Waals surface area contributed by atoms with Gasteiger partial charge in [0.05, 0.1) is 5.60 Å². The molecule has 1 aliphatic carbocycles. The Labute approximate surface area is 139 Å². The molecule has 23 heavy (non-hydrogen) atoms. The van der Waals surface area contributed by atoms with Gasteiger partial charge in [-0.1, -0.05) is 42.0 Å². The van der Waals surface area contributed by atoms with Gasteiger partial charge >= 0.3 is 0 Å². The molecule has 3 aliphatic rings. The van der Waals surface area contributed by atoms with Gasteiger partial charge in [-0.15, -0.1) is 0 Å². The van der Waals surface area contributed by atoms with Crippen molar-refractivity contribution < 1.29 is 14.6 Å². The molecule has 0 unspecified atom stereocenters. The number of hydrogen-bond donors (Lipinski definition) is 1. The predicted octanol–water partition coefficient (Wildman–Crippen LogP) is 4.26. The van der Waals surface area contributed by atoms with Crippen molar-refractivity contribution in [2.24, 2.45) is 11.8 Å². The summed E-state index contributed by atoms with van der Waals surface area (Å²) in [4.78, 5) is 0. The third-order valence-electron chi connectivity index (χ3n) is 5.18. The van der Waals surface area contributed by atoms with Crippen molar-refractivity contribution in [2.75, 3.05) is 0 Å². The molecule has 0 aromatic rings. The van der Waals surface area contributed by atoms with E-state index in [2.05, 4.69) is 31.7 Å². The lowest BCUT2D eigenvalue weighted by Gasteiger charge is -2.43. The molecule has 0 saturated carbocycles. The summed E-state index contributed by atoms with van der Waals surface area (Å²) in [6, 6.07) is 0. The Morgan fingerprint density at radius 2 is 2.09 bits per heavy atom. The summed E-state index contributed by atoms with van der Waals surface area (Å²) in [5.74, 6) is 0.172. The maximum atomic E-state index is 10.6. The van der Waals surface area contributed by atoms with Crippen molar-refractivity contribution in [3.63, 3.8) is 0 Å². The van der Waals surface area contributed by atoms with Gasteiger partial charge < -0.3 is 14.6 Å². The minimum absolute atomic E-state index is 0.0463. The quantitative estimate of drug-likeness (QED) is 0.679. The van der Waals surface area contributed by atoms with Crippen LogP contribution in [-0.2, 0) is 9.47 Å². The molecule has 0 aromatic heterocycles. The van der Waals surface area contributed by atoms with Gasteiger partial charge in [-0.05, 0) is 57.9 Å². The normalized spacial score (nSPS) is 39.6. The molecule has 3 heteroatoms. The minimum Gasteiger partial charge on any atom is -0.367 e. The Morgan fingerprint density at radius 3 is 2.87 bits per heavy atom. The van der Waals surface area contributed by atoms with Gasteiger partial charge in [0.25, 0.3) is 0 Å². The third-order valence-corrected chi connectivity index (χ3v) is 5.18. The van der Waals surface area contributed by atoms with Crippen LogP contribution in [0, 0.1) is 11.8 Å². The van der Waals surface area contributed by atoms with Crippen LogP contribution in [-0.4, -0.2) is 23.3 Å². The third kappa shape index (κ3) is 3.52. The number of hydrogen-bond acceptors (Lipinski definition) is 3. The van der Waals surface area contributed by atoms with Gasteiger partial charge in [-0.2, -0.15) is 0 Å². The van der Waals surface area contributed by atoms with Crippen molar-refractivity contribution >= 4 is 0 Å². The van der Waals surface area contributed by atoms with Crippen LogP contribution in [0.25, 0.3) is 0 Å². The van der Waals surface area contributed by atoms with Crippen molar-refractivity contribution in [3.8, 4) is 0 Å². The van der Waals surface area contributed by atoms with Crippen molar-refractivity contribution in [1.29, 1.82) is 0 Å². The summed E-state index contributed by atoms with van der Waals surface area (Å²) in [6.07, 6.45) is 11.1. The highest BCUT2D eigenvalue weighted by atomic mass is 16.7. The number of allylic oxidation sites excluding steroid dienone is 4. The second-order valence-corrected chi connectivity index (χ2v) is 7.52. The molecule has 0 aromatic carbocycles. The Kier molecular flexibility index (Phi) is 4.63. The summed E-state index contributed by atoms with van der Waals surface area (Å²) in [7, 11) is 0. The van der Waals surface area contributed by atoms with Crippen LogP contribution in [0.1, 0.15) is 46.5 Å². The smallest absolute Gasteiger partial charge is 0.184 e. The average Bonchev–Trinajstić information content (AvgIpc) is 2.55. The number of aliphatic hydroxyl groups excluding tert-OH is 1. The maximum absolute atomic E-state index is 10.6. The van der Waals surface area contributed by atoms with Gasteiger partial charge in [-0.3, -0.25) is 0 Å². The molecule has 1 N–H and O–H groups in total. The van der Waals surface area contributed by atoms with Gasteiger partial charge in [0, 0.05) is 5.92 Å². The fraction of sp³-hybridized carbons (Fsp3) is 0.600. The summed E-state index contributed by atoms with van der Waals surface area (Å²) >= 11 is 0. The average molecular weight is 316 g/mol. The molecule has 0 spiro atoms. The molecule has 0 bridgehead atoms. The first kappa shape index (κ1) is 16.7. The molecule has 2 heterocycles. The predicted molar refractivity (Wildman–Crippen MR) is 91.6 cm³/mol. The number of aliphatic hydroxyl groups is 1. The zero-order valence-electron chi connectivity index (χ0n) is 14.4. The second-order valence-electron chi connectivity index (χ2n) is 7.52. The van der Waals surface area contributed by atoms with Crippen LogP contribution >= 0.6 is 0 Å². The van der Waals surface area contributed by atoms with Crippen molar-refractivity contribution in [3.05, 3.63) is 47.6 Å². The van der Waals surface area contributed by atoms with Crippen molar-refractivity contribution in [2.45, 2.75) is 64.6 Å². The van der Waals surface area contributed by atoms with E-state index in [0.717, 1.165) is 36.8 Å². The van der Waals surface area contributed by atoms with Crippen LogP contribution < -0.4 is 0 Å². The lowest BCUT2D eigenvalue weighted by atomic mass is 9.75. The number of rotatable bonds is 0. The van der Waals surface area contributed by atoms with Gasteiger partial charge in [-0.25, -0.2) is 0 Å². The van der Waals surface area contributed by atoms with E-state index >= 15 is 0 Å². The molecule has 3 rings (SSSR count). The highest BCUT2D eigenvalue weighted by Crippen LogP contribution is 2.44. The van der Waals surface area contributed by atoms with Gasteiger partial charge in [0.15, 0.2) is 12.6 Å². The monoisotopic (exact) mass is 316 g/mol. The number of ether oxygens (including phenoxy) is 2. The molecule has 1 fully saturated rings. The standard InChI is InChI=1S/C20H28O3/c1-13-7-5-8-14(2)17-15(11-10-13)16-9-6-12-20(3,4)23-19(16)22-18(17)21/h6-7,9,12,15,17-19,21H,2,5,8,10-11H2,1,3-4H3/b13-7+/t15-,17+,18+,19-/m1/s1.